The number of hydrogen-bond donors (Lipinski definition) is 1. The molecule has 0 aromatic carbocycles. The molecule has 0 radical (unpaired) electrons. The van der Waals surface area contributed by atoms with E-state index in [4.69, 9.17) is 15.5 Å². The van der Waals surface area contributed by atoms with E-state index in [1.54, 1.807) is 7.11 Å². The van der Waals surface area contributed by atoms with Crippen LogP contribution in [0.3, 0.4) is 0 Å². The molecule has 0 bridgehead atoms. The van der Waals surface area contributed by atoms with Crippen LogP contribution in [0, 0.1) is 15.4 Å². The topological polar surface area (TPSA) is 61.0 Å². The lowest BCUT2D eigenvalue weighted by atomic mass is 9.79. The maximum Gasteiger partial charge on any atom is 0.162 e. The predicted molar refractivity (Wildman–Crippen MR) is 94.0 cm³/mol. The van der Waals surface area contributed by atoms with Crippen molar-refractivity contribution in [2.24, 2.45) is 11.8 Å². The lowest BCUT2D eigenvalue weighted by Crippen LogP contribution is -2.36. The van der Waals surface area contributed by atoms with Crippen LogP contribution in [0.15, 0.2) is 0 Å². The first kappa shape index (κ1) is 16.9. The zero-order valence-corrected chi connectivity index (χ0v) is 15.6. The van der Waals surface area contributed by atoms with Gasteiger partial charge in [-0.1, -0.05) is 20.8 Å². The third-order valence-corrected chi connectivity index (χ3v) is 5.60. The van der Waals surface area contributed by atoms with Crippen molar-refractivity contribution in [3.63, 3.8) is 0 Å². The maximum atomic E-state index is 6.13. The minimum absolute atomic E-state index is 0.350. The fraction of sp³-hybridized carbons (Fsp3) is 0.750. The minimum Gasteiger partial charge on any atom is -0.383 e. The number of nitrogens with two attached hydrogens (primary N) is 1. The number of nitrogen functional groups attached to an aromatic ring is 1. The average Bonchev–Trinajstić information content (AvgIpc) is 2.44. The normalized spacial score (nSPS) is 26.3. The van der Waals surface area contributed by atoms with Crippen LogP contribution in [0.4, 0.5) is 5.82 Å². The minimum atomic E-state index is -0.350. The average molecular weight is 403 g/mol. The van der Waals surface area contributed by atoms with E-state index >= 15 is 0 Å². The Morgan fingerprint density at radius 3 is 2.48 bits per heavy atom. The summed E-state index contributed by atoms with van der Waals surface area (Å²) in [7, 11) is 1.77. The second-order valence-corrected chi connectivity index (χ2v) is 7.75. The van der Waals surface area contributed by atoms with Crippen molar-refractivity contribution in [2.75, 3.05) is 12.8 Å². The van der Waals surface area contributed by atoms with E-state index in [0.717, 1.165) is 53.1 Å². The number of nitrogens with zero attached hydrogens (tertiary/aromatic N) is 2. The SMILES string of the molecule is COC1(c2nc(N)c(I)c(CC(C)C)n2)CCC(C)CC1. The smallest absolute Gasteiger partial charge is 0.162 e. The zero-order valence-electron chi connectivity index (χ0n) is 13.4. The van der Waals surface area contributed by atoms with Gasteiger partial charge in [-0.2, -0.15) is 0 Å². The van der Waals surface area contributed by atoms with Crippen molar-refractivity contribution >= 4 is 28.4 Å². The molecule has 2 N–H and O–H groups in total. The van der Waals surface area contributed by atoms with Gasteiger partial charge in [0.25, 0.3) is 0 Å². The van der Waals surface area contributed by atoms with E-state index in [1.807, 2.05) is 0 Å². The molecule has 1 aliphatic rings. The van der Waals surface area contributed by atoms with E-state index in [-0.39, 0.29) is 5.60 Å². The Hall–Kier alpha value is -0.430. The summed E-state index contributed by atoms with van der Waals surface area (Å²) in [4.78, 5) is 9.41. The highest BCUT2D eigenvalue weighted by atomic mass is 127. The first-order chi connectivity index (χ1) is 9.88. The Kier molecular flexibility index (Phi) is 5.46. The summed E-state index contributed by atoms with van der Waals surface area (Å²) >= 11 is 2.26. The molecule has 118 valence electrons. The molecule has 0 amide bonds. The summed E-state index contributed by atoms with van der Waals surface area (Å²) in [6, 6.07) is 0. The number of anilines is 1. The molecule has 1 aromatic rings. The second-order valence-electron chi connectivity index (χ2n) is 6.67. The lowest BCUT2D eigenvalue weighted by Gasteiger charge is -2.37. The van der Waals surface area contributed by atoms with Crippen LogP contribution in [0.5, 0.6) is 0 Å². The van der Waals surface area contributed by atoms with Crippen molar-refractivity contribution in [2.45, 2.75) is 58.5 Å². The molecule has 1 heterocycles. The Morgan fingerprint density at radius 2 is 1.95 bits per heavy atom. The van der Waals surface area contributed by atoms with Crippen molar-refractivity contribution in [3.8, 4) is 0 Å². The number of rotatable bonds is 4. The fourth-order valence-electron chi connectivity index (χ4n) is 2.99. The highest BCUT2D eigenvalue weighted by molar-refractivity contribution is 14.1. The molecule has 0 unspecified atom stereocenters. The molecule has 1 aliphatic carbocycles. The van der Waals surface area contributed by atoms with Crippen molar-refractivity contribution in [1.82, 2.24) is 9.97 Å². The van der Waals surface area contributed by atoms with Crippen LogP contribution >= 0.6 is 22.6 Å². The molecule has 21 heavy (non-hydrogen) atoms. The van der Waals surface area contributed by atoms with Crippen LogP contribution in [-0.2, 0) is 16.8 Å². The van der Waals surface area contributed by atoms with Crippen LogP contribution in [-0.4, -0.2) is 17.1 Å². The van der Waals surface area contributed by atoms with Gasteiger partial charge in [-0.05, 0) is 66.5 Å². The molecule has 0 spiro atoms. The molecule has 0 aliphatic heterocycles. The van der Waals surface area contributed by atoms with E-state index in [2.05, 4.69) is 48.3 Å². The summed E-state index contributed by atoms with van der Waals surface area (Å²) in [6.45, 7) is 6.69. The third kappa shape index (κ3) is 3.67. The molecule has 2 rings (SSSR count). The number of hydrogen-bond acceptors (Lipinski definition) is 4. The summed E-state index contributed by atoms with van der Waals surface area (Å²) < 4.78 is 6.87. The molecule has 1 aromatic heterocycles. The number of aromatic nitrogens is 2. The molecule has 1 saturated carbocycles. The van der Waals surface area contributed by atoms with Gasteiger partial charge < -0.3 is 10.5 Å². The van der Waals surface area contributed by atoms with E-state index in [9.17, 15) is 0 Å². The van der Waals surface area contributed by atoms with E-state index < -0.39 is 0 Å². The molecule has 1 fully saturated rings. The van der Waals surface area contributed by atoms with Gasteiger partial charge in [0.1, 0.15) is 11.4 Å². The summed E-state index contributed by atoms with van der Waals surface area (Å²) in [5.74, 6) is 2.67. The fourth-order valence-corrected chi connectivity index (χ4v) is 3.45. The molecule has 0 atom stereocenters. The predicted octanol–water partition coefficient (Wildman–Crippen LogP) is 3.91. The van der Waals surface area contributed by atoms with E-state index in [0.29, 0.717) is 11.7 Å². The maximum absolute atomic E-state index is 6.13. The highest BCUT2D eigenvalue weighted by Gasteiger charge is 2.39. The van der Waals surface area contributed by atoms with Crippen LogP contribution < -0.4 is 5.73 Å². The van der Waals surface area contributed by atoms with Gasteiger partial charge in [0, 0.05) is 7.11 Å². The lowest BCUT2D eigenvalue weighted by molar-refractivity contribution is -0.0598. The zero-order chi connectivity index (χ0) is 15.6. The molecule has 4 nitrogen and oxygen atoms in total. The third-order valence-electron chi connectivity index (χ3n) is 4.43. The Morgan fingerprint density at radius 1 is 1.33 bits per heavy atom. The molecule has 0 saturated heterocycles. The second kappa shape index (κ2) is 6.77. The monoisotopic (exact) mass is 403 g/mol. The van der Waals surface area contributed by atoms with E-state index in [1.165, 1.54) is 0 Å². The van der Waals surface area contributed by atoms with Crippen molar-refractivity contribution in [3.05, 3.63) is 15.1 Å². The summed E-state index contributed by atoms with van der Waals surface area (Å²) in [6.07, 6.45) is 5.19. The quantitative estimate of drug-likeness (QED) is 0.775. The molecule has 5 heteroatoms. The van der Waals surface area contributed by atoms with Crippen molar-refractivity contribution in [1.29, 1.82) is 0 Å². The highest BCUT2D eigenvalue weighted by Crippen LogP contribution is 2.41. The van der Waals surface area contributed by atoms with Gasteiger partial charge in [0.15, 0.2) is 5.82 Å². The molecular formula is C16H26IN3O. The number of halogens is 1. The van der Waals surface area contributed by atoms with Crippen LogP contribution in [0.25, 0.3) is 0 Å². The van der Waals surface area contributed by atoms with Crippen LogP contribution in [0.1, 0.15) is 58.0 Å². The first-order valence-corrected chi connectivity index (χ1v) is 8.83. The Bertz CT molecular complexity index is 497. The van der Waals surface area contributed by atoms with Gasteiger partial charge in [0.05, 0.1) is 9.26 Å². The summed E-state index contributed by atoms with van der Waals surface area (Å²) in [5.41, 5.74) is 6.84. The number of ether oxygens (including phenoxy) is 1. The van der Waals surface area contributed by atoms with Gasteiger partial charge in [-0.15, -0.1) is 0 Å². The van der Waals surface area contributed by atoms with Gasteiger partial charge in [-0.3, -0.25) is 0 Å². The summed E-state index contributed by atoms with van der Waals surface area (Å²) in [5, 5.41) is 0. The van der Waals surface area contributed by atoms with Crippen LogP contribution in [0.2, 0.25) is 0 Å². The van der Waals surface area contributed by atoms with Gasteiger partial charge in [-0.25, -0.2) is 9.97 Å². The van der Waals surface area contributed by atoms with Gasteiger partial charge in [0.2, 0.25) is 0 Å². The standard InChI is InChI=1S/C16H26IN3O/c1-10(2)9-12-13(17)14(18)20-15(19-12)16(21-4)7-5-11(3)6-8-16/h10-11H,5-9H2,1-4H3,(H2,18,19,20). The largest absolute Gasteiger partial charge is 0.383 e. The van der Waals surface area contributed by atoms with Crippen molar-refractivity contribution < 1.29 is 4.74 Å². The number of methoxy groups -OCH3 is 1. The van der Waals surface area contributed by atoms with Gasteiger partial charge >= 0.3 is 0 Å². The first-order valence-electron chi connectivity index (χ1n) is 7.75. The Balaban J connectivity index is 2.40. The molecular weight excluding hydrogens is 377 g/mol. The Labute approximate surface area is 141 Å².